The van der Waals surface area contributed by atoms with Gasteiger partial charge in [0.1, 0.15) is 0 Å². The molecule has 100 valence electrons. The SMILES string of the molecule is Cc1cccc(C)c1C(=O)NCCCC(C)CCl. The molecule has 1 rings (SSSR count). The number of halogens is 1. The molecule has 1 unspecified atom stereocenters. The van der Waals surface area contributed by atoms with Crippen molar-refractivity contribution in [3.8, 4) is 0 Å². The van der Waals surface area contributed by atoms with Crippen molar-refractivity contribution in [3.63, 3.8) is 0 Å². The Labute approximate surface area is 115 Å². The molecule has 0 aliphatic carbocycles. The van der Waals surface area contributed by atoms with Gasteiger partial charge in [-0.25, -0.2) is 0 Å². The first-order valence-electron chi connectivity index (χ1n) is 6.46. The second kappa shape index (κ2) is 7.42. The van der Waals surface area contributed by atoms with Gasteiger partial charge in [-0.05, 0) is 43.7 Å². The maximum Gasteiger partial charge on any atom is 0.251 e. The van der Waals surface area contributed by atoms with Crippen LogP contribution in [0.5, 0.6) is 0 Å². The van der Waals surface area contributed by atoms with E-state index in [1.54, 1.807) is 0 Å². The lowest BCUT2D eigenvalue weighted by Crippen LogP contribution is -2.26. The molecule has 0 saturated carbocycles. The van der Waals surface area contributed by atoms with Crippen LogP contribution in [0.1, 0.15) is 41.3 Å². The summed E-state index contributed by atoms with van der Waals surface area (Å²) in [4.78, 5) is 12.1. The highest BCUT2D eigenvalue weighted by atomic mass is 35.5. The number of hydrogen-bond donors (Lipinski definition) is 1. The number of alkyl halides is 1. The minimum atomic E-state index is 0.0316. The van der Waals surface area contributed by atoms with E-state index >= 15 is 0 Å². The minimum Gasteiger partial charge on any atom is -0.352 e. The largest absolute Gasteiger partial charge is 0.352 e. The van der Waals surface area contributed by atoms with E-state index < -0.39 is 0 Å². The molecule has 1 amide bonds. The van der Waals surface area contributed by atoms with E-state index in [9.17, 15) is 4.79 Å². The fourth-order valence-electron chi connectivity index (χ4n) is 1.99. The number of rotatable bonds is 6. The van der Waals surface area contributed by atoms with Gasteiger partial charge in [0.05, 0.1) is 0 Å². The van der Waals surface area contributed by atoms with Crippen LogP contribution < -0.4 is 5.32 Å². The van der Waals surface area contributed by atoms with E-state index in [-0.39, 0.29) is 5.91 Å². The predicted molar refractivity (Wildman–Crippen MR) is 77.4 cm³/mol. The standard InChI is InChI=1S/C15H22ClNO/c1-11(10-16)6-5-9-17-15(18)14-12(2)7-4-8-13(14)3/h4,7-8,11H,5-6,9-10H2,1-3H3,(H,17,18). The lowest BCUT2D eigenvalue weighted by atomic mass is 10.0. The van der Waals surface area contributed by atoms with E-state index in [4.69, 9.17) is 11.6 Å². The van der Waals surface area contributed by atoms with Crippen molar-refractivity contribution < 1.29 is 4.79 Å². The van der Waals surface area contributed by atoms with E-state index in [0.717, 1.165) is 29.5 Å². The van der Waals surface area contributed by atoms with Gasteiger partial charge in [-0.15, -0.1) is 11.6 Å². The van der Waals surface area contributed by atoms with Crippen LogP contribution in [-0.2, 0) is 0 Å². The van der Waals surface area contributed by atoms with Crippen molar-refractivity contribution in [3.05, 3.63) is 34.9 Å². The summed E-state index contributed by atoms with van der Waals surface area (Å²) < 4.78 is 0. The molecule has 1 aromatic carbocycles. The van der Waals surface area contributed by atoms with Gasteiger partial charge in [0.2, 0.25) is 0 Å². The zero-order valence-electron chi connectivity index (χ0n) is 11.4. The van der Waals surface area contributed by atoms with Gasteiger partial charge in [-0.2, -0.15) is 0 Å². The zero-order chi connectivity index (χ0) is 13.5. The first kappa shape index (κ1) is 15.0. The highest BCUT2D eigenvalue weighted by molar-refractivity contribution is 6.18. The summed E-state index contributed by atoms with van der Waals surface area (Å²) in [6.07, 6.45) is 2.03. The quantitative estimate of drug-likeness (QED) is 0.618. The third-order valence-corrected chi connectivity index (χ3v) is 3.66. The molecule has 0 heterocycles. The summed E-state index contributed by atoms with van der Waals surface area (Å²) in [5, 5.41) is 2.98. The third kappa shape index (κ3) is 4.34. The monoisotopic (exact) mass is 267 g/mol. The molecule has 1 atom stereocenters. The average Bonchev–Trinajstić information content (AvgIpc) is 2.34. The molecule has 0 radical (unpaired) electrons. The van der Waals surface area contributed by atoms with E-state index in [2.05, 4.69) is 12.2 Å². The summed E-state index contributed by atoms with van der Waals surface area (Å²) in [6.45, 7) is 6.78. The van der Waals surface area contributed by atoms with Crippen LogP contribution in [0.25, 0.3) is 0 Å². The lowest BCUT2D eigenvalue weighted by molar-refractivity contribution is 0.0951. The fraction of sp³-hybridized carbons (Fsp3) is 0.533. The summed E-state index contributed by atoms with van der Waals surface area (Å²) in [5.74, 6) is 1.23. The topological polar surface area (TPSA) is 29.1 Å². The number of hydrogen-bond acceptors (Lipinski definition) is 1. The average molecular weight is 268 g/mol. The number of carbonyl (C=O) groups is 1. The Balaban J connectivity index is 2.46. The van der Waals surface area contributed by atoms with Crippen LogP contribution in [0, 0.1) is 19.8 Å². The first-order chi connectivity index (χ1) is 8.56. The molecule has 0 saturated heterocycles. The van der Waals surface area contributed by atoms with E-state index in [1.165, 1.54) is 0 Å². The molecular formula is C15H22ClNO. The summed E-state index contributed by atoms with van der Waals surface area (Å²) in [5.41, 5.74) is 2.87. The molecular weight excluding hydrogens is 246 g/mol. The Hall–Kier alpha value is -1.02. The molecule has 1 N–H and O–H groups in total. The normalized spacial score (nSPS) is 12.2. The van der Waals surface area contributed by atoms with Crippen molar-refractivity contribution in [2.75, 3.05) is 12.4 Å². The van der Waals surface area contributed by atoms with E-state index in [0.29, 0.717) is 18.3 Å². The second-order valence-corrected chi connectivity index (χ2v) is 5.23. The van der Waals surface area contributed by atoms with Crippen molar-refractivity contribution in [2.45, 2.75) is 33.6 Å². The zero-order valence-corrected chi connectivity index (χ0v) is 12.2. The fourth-order valence-corrected chi connectivity index (χ4v) is 2.14. The van der Waals surface area contributed by atoms with Gasteiger partial charge in [-0.3, -0.25) is 4.79 Å². The maximum absolute atomic E-state index is 12.1. The number of amides is 1. The van der Waals surface area contributed by atoms with Crippen molar-refractivity contribution >= 4 is 17.5 Å². The van der Waals surface area contributed by atoms with Crippen LogP contribution >= 0.6 is 11.6 Å². The molecule has 1 aromatic rings. The van der Waals surface area contributed by atoms with Crippen LogP contribution in [-0.4, -0.2) is 18.3 Å². The minimum absolute atomic E-state index is 0.0316. The van der Waals surface area contributed by atoms with Gasteiger partial charge >= 0.3 is 0 Å². The molecule has 18 heavy (non-hydrogen) atoms. The molecule has 0 aliphatic rings. The third-order valence-electron chi connectivity index (χ3n) is 3.13. The smallest absolute Gasteiger partial charge is 0.251 e. The Morgan fingerprint density at radius 3 is 2.50 bits per heavy atom. The summed E-state index contributed by atoms with van der Waals surface area (Å²) >= 11 is 5.74. The van der Waals surface area contributed by atoms with Gasteiger partial charge in [0.25, 0.3) is 5.91 Å². The lowest BCUT2D eigenvalue weighted by Gasteiger charge is -2.11. The predicted octanol–water partition coefficient (Wildman–Crippen LogP) is 3.69. The van der Waals surface area contributed by atoms with Crippen LogP contribution in [0.15, 0.2) is 18.2 Å². The molecule has 3 heteroatoms. The molecule has 0 fully saturated rings. The summed E-state index contributed by atoms with van der Waals surface area (Å²) in [6, 6.07) is 5.92. The van der Waals surface area contributed by atoms with Crippen LogP contribution in [0.4, 0.5) is 0 Å². The van der Waals surface area contributed by atoms with Gasteiger partial charge in [-0.1, -0.05) is 25.1 Å². The number of nitrogens with one attached hydrogen (secondary N) is 1. The van der Waals surface area contributed by atoms with Gasteiger partial charge in [0.15, 0.2) is 0 Å². The van der Waals surface area contributed by atoms with Crippen molar-refractivity contribution in [2.24, 2.45) is 5.92 Å². The Morgan fingerprint density at radius 2 is 1.94 bits per heavy atom. The molecule has 0 bridgehead atoms. The molecule has 0 aliphatic heterocycles. The molecule has 0 spiro atoms. The van der Waals surface area contributed by atoms with Gasteiger partial charge < -0.3 is 5.32 Å². The van der Waals surface area contributed by atoms with Gasteiger partial charge in [0, 0.05) is 18.0 Å². The molecule has 0 aromatic heterocycles. The van der Waals surface area contributed by atoms with Crippen LogP contribution in [0.2, 0.25) is 0 Å². The highest BCUT2D eigenvalue weighted by Gasteiger charge is 2.10. The van der Waals surface area contributed by atoms with E-state index in [1.807, 2.05) is 32.0 Å². The Kier molecular flexibility index (Phi) is 6.20. The Bertz CT molecular complexity index is 383. The first-order valence-corrected chi connectivity index (χ1v) is 7.00. The number of benzene rings is 1. The Morgan fingerprint density at radius 1 is 1.33 bits per heavy atom. The van der Waals surface area contributed by atoms with Crippen molar-refractivity contribution in [1.29, 1.82) is 0 Å². The van der Waals surface area contributed by atoms with Crippen LogP contribution in [0.3, 0.4) is 0 Å². The highest BCUT2D eigenvalue weighted by Crippen LogP contribution is 2.13. The molecule has 2 nitrogen and oxygen atoms in total. The summed E-state index contributed by atoms with van der Waals surface area (Å²) in [7, 11) is 0. The van der Waals surface area contributed by atoms with Crippen molar-refractivity contribution in [1.82, 2.24) is 5.32 Å². The number of carbonyl (C=O) groups excluding carboxylic acids is 1. The number of aryl methyl sites for hydroxylation is 2. The maximum atomic E-state index is 12.1. The second-order valence-electron chi connectivity index (χ2n) is 4.92.